The molecule has 2 heterocycles. The van der Waals surface area contributed by atoms with Gasteiger partial charge in [-0.3, -0.25) is 0 Å². The van der Waals surface area contributed by atoms with Gasteiger partial charge in [0.05, 0.1) is 6.33 Å². The predicted molar refractivity (Wildman–Crippen MR) is 77.2 cm³/mol. The number of nitrogens with one attached hydrogen (secondary N) is 1. The summed E-state index contributed by atoms with van der Waals surface area (Å²) in [5.41, 5.74) is 1.64. The van der Waals surface area contributed by atoms with Crippen LogP contribution in [0.1, 0.15) is 20.3 Å². The van der Waals surface area contributed by atoms with Crippen LogP contribution in [-0.4, -0.2) is 44.5 Å². The number of imidazole rings is 1. The van der Waals surface area contributed by atoms with E-state index < -0.39 is 0 Å². The first kappa shape index (κ1) is 13.1. The van der Waals surface area contributed by atoms with Gasteiger partial charge in [-0.15, -0.1) is 0 Å². The number of fused-ring (bicyclic) bond motifs is 1. The van der Waals surface area contributed by atoms with Crippen molar-refractivity contribution in [1.82, 2.24) is 19.9 Å². The zero-order valence-electron chi connectivity index (χ0n) is 11.1. The molecule has 0 aliphatic carbocycles. The molecule has 1 N–H and O–H groups in total. The number of hydrogen-bond donors (Lipinski definition) is 1. The van der Waals surface area contributed by atoms with E-state index >= 15 is 0 Å². The van der Waals surface area contributed by atoms with E-state index in [-0.39, 0.29) is 0 Å². The Morgan fingerprint density at radius 1 is 1.39 bits per heavy atom. The zero-order valence-corrected chi connectivity index (χ0v) is 11.9. The van der Waals surface area contributed by atoms with Gasteiger partial charge in [0.15, 0.2) is 11.5 Å². The van der Waals surface area contributed by atoms with Crippen LogP contribution >= 0.6 is 11.8 Å². The molecule has 0 amide bonds. The normalized spacial score (nSPS) is 12.8. The van der Waals surface area contributed by atoms with Crippen molar-refractivity contribution in [3.8, 4) is 0 Å². The van der Waals surface area contributed by atoms with E-state index in [2.05, 4.69) is 45.7 Å². The number of rotatable bonds is 6. The fraction of sp³-hybridized carbons (Fsp3) is 0.583. The van der Waals surface area contributed by atoms with Crippen LogP contribution in [0.25, 0.3) is 11.2 Å². The molecular weight excluding hydrogens is 246 g/mol. The van der Waals surface area contributed by atoms with Gasteiger partial charge in [0.2, 0.25) is 0 Å². The summed E-state index contributed by atoms with van der Waals surface area (Å²) < 4.78 is 0. The first-order valence-corrected chi connectivity index (χ1v) is 7.34. The van der Waals surface area contributed by atoms with Gasteiger partial charge >= 0.3 is 0 Å². The highest BCUT2D eigenvalue weighted by Crippen LogP contribution is 2.21. The van der Waals surface area contributed by atoms with Gasteiger partial charge in [-0.1, -0.05) is 6.92 Å². The molecule has 0 radical (unpaired) electrons. The third kappa shape index (κ3) is 2.75. The van der Waals surface area contributed by atoms with Crippen LogP contribution in [0.2, 0.25) is 0 Å². The highest BCUT2D eigenvalue weighted by atomic mass is 32.2. The minimum atomic E-state index is 0.449. The number of thioether (sulfide) groups is 1. The zero-order chi connectivity index (χ0) is 13.0. The monoisotopic (exact) mass is 265 g/mol. The van der Waals surface area contributed by atoms with Gasteiger partial charge in [-0.25, -0.2) is 15.0 Å². The molecule has 0 saturated carbocycles. The third-order valence-electron chi connectivity index (χ3n) is 3.08. The van der Waals surface area contributed by atoms with Crippen molar-refractivity contribution in [2.45, 2.75) is 26.3 Å². The predicted octanol–water partition coefficient (Wildman–Crippen LogP) is 2.32. The maximum absolute atomic E-state index is 4.37. The van der Waals surface area contributed by atoms with E-state index in [1.54, 1.807) is 12.7 Å². The Bertz CT molecular complexity index is 498. The molecule has 0 fully saturated rings. The van der Waals surface area contributed by atoms with E-state index in [1.807, 2.05) is 11.8 Å². The Balaban J connectivity index is 2.12. The number of aromatic amines is 1. The molecule has 1 atom stereocenters. The van der Waals surface area contributed by atoms with Crippen LogP contribution in [0.15, 0.2) is 12.7 Å². The average molecular weight is 265 g/mol. The summed E-state index contributed by atoms with van der Waals surface area (Å²) in [6.07, 6.45) is 4.38. The summed E-state index contributed by atoms with van der Waals surface area (Å²) in [6, 6.07) is 0.449. The van der Waals surface area contributed by atoms with Gasteiger partial charge < -0.3 is 9.88 Å². The standard InChI is InChI=1S/C12H19N5S/c1-4-18-6-5-9(2)17(3)12-10-11(14-7-13-10)15-8-16-12/h7-9H,4-6H2,1-3H3,(H,13,14,15,16). The molecule has 2 aromatic heterocycles. The van der Waals surface area contributed by atoms with Crippen molar-refractivity contribution in [1.29, 1.82) is 0 Å². The quantitative estimate of drug-likeness (QED) is 0.812. The van der Waals surface area contributed by atoms with Crippen LogP contribution in [0, 0.1) is 0 Å². The molecule has 18 heavy (non-hydrogen) atoms. The summed E-state index contributed by atoms with van der Waals surface area (Å²) in [6.45, 7) is 4.41. The average Bonchev–Trinajstić information content (AvgIpc) is 2.86. The summed E-state index contributed by atoms with van der Waals surface area (Å²) in [7, 11) is 2.07. The van der Waals surface area contributed by atoms with E-state index in [4.69, 9.17) is 0 Å². The number of anilines is 1. The molecule has 0 saturated heterocycles. The topological polar surface area (TPSA) is 57.7 Å². The molecule has 2 rings (SSSR count). The molecule has 1 unspecified atom stereocenters. The second kappa shape index (κ2) is 6.04. The smallest absolute Gasteiger partial charge is 0.182 e. The summed E-state index contributed by atoms with van der Waals surface area (Å²) >= 11 is 1.97. The molecule has 0 aromatic carbocycles. The Kier molecular flexibility index (Phi) is 4.41. The lowest BCUT2D eigenvalue weighted by molar-refractivity contribution is 0.663. The first-order chi connectivity index (χ1) is 8.74. The lowest BCUT2D eigenvalue weighted by Gasteiger charge is -2.25. The minimum absolute atomic E-state index is 0.449. The Hall–Kier alpha value is -1.30. The maximum atomic E-state index is 4.37. The lowest BCUT2D eigenvalue weighted by Crippen LogP contribution is -2.30. The largest absolute Gasteiger partial charge is 0.355 e. The minimum Gasteiger partial charge on any atom is -0.355 e. The first-order valence-electron chi connectivity index (χ1n) is 6.18. The van der Waals surface area contributed by atoms with E-state index in [0.29, 0.717) is 6.04 Å². The second-order valence-electron chi connectivity index (χ2n) is 4.24. The third-order valence-corrected chi connectivity index (χ3v) is 4.01. The van der Waals surface area contributed by atoms with Crippen molar-refractivity contribution in [2.75, 3.05) is 23.5 Å². The highest BCUT2D eigenvalue weighted by molar-refractivity contribution is 7.99. The molecule has 0 bridgehead atoms. The Morgan fingerprint density at radius 3 is 3.00 bits per heavy atom. The summed E-state index contributed by atoms with van der Waals surface area (Å²) in [5.74, 6) is 3.28. The molecular formula is C12H19N5S. The van der Waals surface area contributed by atoms with Crippen molar-refractivity contribution < 1.29 is 0 Å². The van der Waals surface area contributed by atoms with Gasteiger partial charge in [-0.05, 0) is 24.9 Å². The fourth-order valence-electron chi connectivity index (χ4n) is 1.82. The van der Waals surface area contributed by atoms with Crippen molar-refractivity contribution in [2.24, 2.45) is 0 Å². The lowest BCUT2D eigenvalue weighted by atomic mass is 10.2. The van der Waals surface area contributed by atoms with Crippen LogP contribution in [-0.2, 0) is 0 Å². The van der Waals surface area contributed by atoms with Crippen molar-refractivity contribution in [3.63, 3.8) is 0 Å². The van der Waals surface area contributed by atoms with Crippen LogP contribution in [0.5, 0.6) is 0 Å². The number of hydrogen-bond acceptors (Lipinski definition) is 5. The van der Waals surface area contributed by atoms with Gasteiger partial charge in [0, 0.05) is 13.1 Å². The molecule has 0 aliphatic rings. The fourth-order valence-corrected chi connectivity index (χ4v) is 2.62. The van der Waals surface area contributed by atoms with Crippen molar-refractivity contribution >= 4 is 28.7 Å². The molecule has 0 spiro atoms. The second-order valence-corrected chi connectivity index (χ2v) is 5.64. The number of H-pyrrole nitrogens is 1. The SMILES string of the molecule is CCSCCC(C)N(C)c1ncnc2nc[nH]c12. The molecule has 6 heteroatoms. The highest BCUT2D eigenvalue weighted by Gasteiger charge is 2.15. The van der Waals surface area contributed by atoms with Crippen LogP contribution in [0.3, 0.4) is 0 Å². The van der Waals surface area contributed by atoms with E-state index in [1.165, 1.54) is 11.5 Å². The van der Waals surface area contributed by atoms with Gasteiger partial charge in [0.25, 0.3) is 0 Å². The Labute approximate surface area is 111 Å². The van der Waals surface area contributed by atoms with Crippen LogP contribution < -0.4 is 4.90 Å². The molecule has 2 aromatic rings. The molecule has 0 aliphatic heterocycles. The van der Waals surface area contributed by atoms with Crippen molar-refractivity contribution in [3.05, 3.63) is 12.7 Å². The van der Waals surface area contributed by atoms with Gasteiger partial charge in [0.1, 0.15) is 11.8 Å². The van der Waals surface area contributed by atoms with E-state index in [9.17, 15) is 0 Å². The summed E-state index contributed by atoms with van der Waals surface area (Å²) in [4.78, 5) is 18.0. The van der Waals surface area contributed by atoms with E-state index in [0.717, 1.165) is 23.4 Å². The molecule has 5 nitrogen and oxygen atoms in total. The van der Waals surface area contributed by atoms with Crippen LogP contribution in [0.4, 0.5) is 5.82 Å². The molecule has 98 valence electrons. The van der Waals surface area contributed by atoms with Gasteiger partial charge in [-0.2, -0.15) is 11.8 Å². The number of nitrogens with zero attached hydrogens (tertiary/aromatic N) is 4. The summed E-state index contributed by atoms with van der Waals surface area (Å²) in [5, 5.41) is 0. The number of aromatic nitrogens is 4. The maximum Gasteiger partial charge on any atom is 0.182 e. The Morgan fingerprint density at radius 2 is 2.22 bits per heavy atom.